The van der Waals surface area contributed by atoms with Gasteiger partial charge in [-0.25, -0.2) is 13.8 Å². The van der Waals surface area contributed by atoms with Gasteiger partial charge in [-0.2, -0.15) is 5.26 Å². The molecule has 3 heterocycles. The fourth-order valence-corrected chi connectivity index (χ4v) is 5.35. The minimum absolute atomic E-state index is 0.0823. The summed E-state index contributed by atoms with van der Waals surface area (Å²) in [5.41, 5.74) is 4.67. The number of ketones is 1. The minimum atomic E-state index is -3.06. The molecule has 1 aliphatic rings. The van der Waals surface area contributed by atoms with E-state index < -0.39 is 17.7 Å². The topological polar surface area (TPSA) is 79.0 Å². The number of nitriles is 1. The van der Waals surface area contributed by atoms with E-state index in [9.17, 15) is 18.4 Å². The highest BCUT2D eigenvalue weighted by molar-refractivity contribution is 5.98. The largest absolute Gasteiger partial charge is 0.340 e. The molecular formula is C29H32F2N4O2. The molecule has 37 heavy (non-hydrogen) atoms. The van der Waals surface area contributed by atoms with Crippen LogP contribution in [0.15, 0.2) is 36.7 Å². The zero-order valence-electron chi connectivity index (χ0n) is 21.9. The molecule has 0 saturated carbocycles. The molecule has 1 aliphatic heterocycles. The summed E-state index contributed by atoms with van der Waals surface area (Å²) in [5.74, 6) is -4.87. The van der Waals surface area contributed by atoms with E-state index in [0.29, 0.717) is 30.5 Å². The minimum Gasteiger partial charge on any atom is -0.340 e. The lowest BCUT2D eigenvalue weighted by Gasteiger charge is -2.39. The second-order valence-corrected chi connectivity index (χ2v) is 10.4. The molecule has 3 atom stereocenters. The van der Waals surface area contributed by atoms with Crippen molar-refractivity contribution in [3.8, 4) is 6.07 Å². The first-order chi connectivity index (χ1) is 17.4. The third-order valence-electron chi connectivity index (χ3n) is 7.77. The number of carbonyl (C=O) groups excluding carboxylic acids is 2. The van der Waals surface area contributed by atoms with E-state index in [2.05, 4.69) is 17.3 Å². The van der Waals surface area contributed by atoms with E-state index in [1.54, 1.807) is 35.4 Å². The van der Waals surface area contributed by atoms with Gasteiger partial charge in [0.2, 0.25) is 5.91 Å². The molecule has 4 rings (SSSR count). The van der Waals surface area contributed by atoms with Gasteiger partial charge in [0.1, 0.15) is 5.65 Å². The predicted molar refractivity (Wildman–Crippen MR) is 138 cm³/mol. The summed E-state index contributed by atoms with van der Waals surface area (Å²) in [4.78, 5) is 32.0. The quantitative estimate of drug-likeness (QED) is 0.410. The van der Waals surface area contributed by atoms with Crippen LogP contribution in [0.2, 0.25) is 0 Å². The van der Waals surface area contributed by atoms with Crippen LogP contribution in [-0.2, 0) is 18.3 Å². The molecule has 1 aromatic carbocycles. The third-order valence-corrected chi connectivity index (χ3v) is 7.77. The second-order valence-electron chi connectivity index (χ2n) is 10.4. The lowest BCUT2D eigenvalue weighted by molar-refractivity contribution is -0.150. The molecule has 1 saturated heterocycles. The molecule has 0 bridgehead atoms. The van der Waals surface area contributed by atoms with E-state index in [0.717, 1.165) is 34.6 Å². The van der Waals surface area contributed by atoms with Gasteiger partial charge in [0.25, 0.3) is 5.92 Å². The number of piperidine rings is 1. The number of hydrogen-bond acceptors (Lipinski definition) is 4. The lowest BCUT2D eigenvalue weighted by Crippen LogP contribution is -2.49. The van der Waals surface area contributed by atoms with Crippen LogP contribution in [0.1, 0.15) is 72.1 Å². The van der Waals surface area contributed by atoms with Crippen LogP contribution >= 0.6 is 0 Å². The number of Topliss-reactive ketones (excluding diaryl/α,β-unsaturated/α-hetero) is 1. The molecule has 1 fully saturated rings. The average Bonchev–Trinajstić information content (AvgIpc) is 3.21. The number of halogens is 2. The molecule has 6 nitrogen and oxygen atoms in total. The van der Waals surface area contributed by atoms with E-state index >= 15 is 0 Å². The van der Waals surface area contributed by atoms with Crippen LogP contribution in [0, 0.1) is 24.2 Å². The van der Waals surface area contributed by atoms with Crippen molar-refractivity contribution >= 4 is 22.7 Å². The molecule has 0 N–H and O–H groups in total. The fraction of sp³-hybridized carbons (Fsp3) is 0.448. The van der Waals surface area contributed by atoms with E-state index in [1.807, 2.05) is 25.5 Å². The number of aromatic nitrogens is 2. The highest BCUT2D eigenvalue weighted by Crippen LogP contribution is 2.39. The smallest absolute Gasteiger partial charge is 0.256 e. The van der Waals surface area contributed by atoms with Crippen LogP contribution in [0.3, 0.4) is 0 Å². The Kier molecular flexibility index (Phi) is 7.18. The normalized spacial score (nSPS) is 19.0. The van der Waals surface area contributed by atoms with Gasteiger partial charge < -0.3 is 9.47 Å². The van der Waals surface area contributed by atoms with Gasteiger partial charge in [-0.3, -0.25) is 9.59 Å². The van der Waals surface area contributed by atoms with Crippen LogP contribution in [0.25, 0.3) is 11.0 Å². The Balaban J connectivity index is 1.60. The molecule has 8 heteroatoms. The number of fused-ring (bicyclic) bond motifs is 1. The van der Waals surface area contributed by atoms with Gasteiger partial charge in [-0.05, 0) is 68.4 Å². The Morgan fingerprint density at radius 2 is 2.05 bits per heavy atom. The number of amides is 1. The van der Waals surface area contributed by atoms with Crippen molar-refractivity contribution in [2.24, 2.45) is 13.0 Å². The number of rotatable bonds is 6. The van der Waals surface area contributed by atoms with Gasteiger partial charge in [-0.1, -0.05) is 12.1 Å². The fourth-order valence-electron chi connectivity index (χ4n) is 5.35. The highest BCUT2D eigenvalue weighted by atomic mass is 19.3. The summed E-state index contributed by atoms with van der Waals surface area (Å²) in [7, 11) is 1.93. The van der Waals surface area contributed by atoms with Gasteiger partial charge >= 0.3 is 0 Å². The maximum atomic E-state index is 13.8. The number of nitrogens with zero attached hydrogens (tertiary/aromatic N) is 4. The van der Waals surface area contributed by atoms with Crippen molar-refractivity contribution in [1.29, 1.82) is 5.26 Å². The maximum absolute atomic E-state index is 13.8. The van der Waals surface area contributed by atoms with Gasteiger partial charge in [0.15, 0.2) is 5.78 Å². The highest BCUT2D eigenvalue weighted by Gasteiger charge is 2.41. The van der Waals surface area contributed by atoms with Crippen LogP contribution < -0.4 is 0 Å². The molecule has 2 aromatic heterocycles. The molecule has 0 radical (unpaired) electrons. The summed E-state index contributed by atoms with van der Waals surface area (Å²) < 4.78 is 29.6. The molecular weight excluding hydrogens is 474 g/mol. The third kappa shape index (κ3) is 5.13. The molecule has 0 unspecified atom stereocenters. The first-order valence-electron chi connectivity index (χ1n) is 12.6. The summed E-state index contributed by atoms with van der Waals surface area (Å²) in [6.45, 7) is 6.41. The standard InChI is InChI=1S/C29H32F2N4O2/c1-17-11-21(9-10-35(17)28(37)19(3)29(4,30)31)24-16-34(5)27-26(24)18(2)23(15-33-27)13-25(36)22-8-6-7-20(12-22)14-32/h6-8,12,15-17,19,21H,9-11,13H2,1-5H3/t17-,19-,21+/m0/s1. The maximum Gasteiger partial charge on any atom is 0.256 e. The van der Waals surface area contributed by atoms with Crippen molar-refractivity contribution in [2.75, 3.05) is 6.54 Å². The zero-order chi connectivity index (χ0) is 27.1. The summed E-state index contributed by atoms with van der Waals surface area (Å²) in [6, 6.07) is 8.58. The molecule has 194 valence electrons. The lowest BCUT2D eigenvalue weighted by atomic mass is 9.84. The zero-order valence-corrected chi connectivity index (χ0v) is 21.9. The molecule has 3 aromatic rings. The van der Waals surface area contributed by atoms with Gasteiger partial charge in [0, 0.05) is 56.3 Å². The number of likely N-dealkylation sites (tertiary alicyclic amines) is 1. The van der Waals surface area contributed by atoms with Crippen LogP contribution in [0.5, 0.6) is 0 Å². The van der Waals surface area contributed by atoms with Crippen molar-refractivity contribution in [3.05, 3.63) is 64.5 Å². The Labute approximate surface area is 215 Å². The molecule has 1 amide bonds. The van der Waals surface area contributed by atoms with Crippen LogP contribution in [0.4, 0.5) is 8.78 Å². The Hall–Kier alpha value is -3.60. The van der Waals surface area contributed by atoms with Crippen molar-refractivity contribution in [1.82, 2.24) is 14.5 Å². The predicted octanol–water partition coefficient (Wildman–Crippen LogP) is 5.56. The number of aryl methyl sites for hydroxylation is 2. The van der Waals surface area contributed by atoms with Gasteiger partial charge in [-0.15, -0.1) is 0 Å². The summed E-state index contributed by atoms with van der Waals surface area (Å²) in [6.07, 6.45) is 5.30. The summed E-state index contributed by atoms with van der Waals surface area (Å²) >= 11 is 0. The second kappa shape index (κ2) is 10.0. The van der Waals surface area contributed by atoms with E-state index in [-0.39, 0.29) is 24.2 Å². The molecule has 0 aliphatic carbocycles. The first-order valence-corrected chi connectivity index (χ1v) is 12.6. The molecule has 0 spiro atoms. The average molecular weight is 507 g/mol. The monoisotopic (exact) mass is 506 g/mol. The Morgan fingerprint density at radius 1 is 1.32 bits per heavy atom. The Morgan fingerprint density at radius 3 is 2.70 bits per heavy atom. The van der Waals surface area contributed by atoms with E-state index in [1.165, 1.54) is 6.92 Å². The number of benzene rings is 1. The van der Waals surface area contributed by atoms with Crippen molar-refractivity contribution in [2.45, 2.75) is 64.8 Å². The first kappa shape index (κ1) is 26.5. The van der Waals surface area contributed by atoms with Gasteiger partial charge in [0.05, 0.1) is 17.6 Å². The summed E-state index contributed by atoms with van der Waals surface area (Å²) in [5, 5.41) is 10.2. The number of carbonyl (C=O) groups is 2. The SMILES string of the molecule is Cc1c(CC(=O)c2cccc(C#N)c2)cnc2c1c([C@@H]1CCN(C(=O)[C@H](C)C(C)(F)F)[C@@H](C)C1)cn2C. The van der Waals surface area contributed by atoms with Crippen LogP contribution in [-0.4, -0.2) is 44.7 Å². The van der Waals surface area contributed by atoms with Crippen molar-refractivity contribution in [3.63, 3.8) is 0 Å². The van der Waals surface area contributed by atoms with E-state index in [4.69, 9.17) is 5.26 Å². The Bertz CT molecular complexity index is 1400. The van der Waals surface area contributed by atoms with Crippen molar-refractivity contribution < 1.29 is 18.4 Å². The number of hydrogen-bond donors (Lipinski definition) is 0. The number of alkyl halides is 2. The number of pyridine rings is 1.